The summed E-state index contributed by atoms with van der Waals surface area (Å²) in [5.41, 5.74) is 16.0. The van der Waals surface area contributed by atoms with Crippen molar-refractivity contribution in [1.82, 2.24) is 24.5 Å². The second kappa shape index (κ2) is 16.3. The fraction of sp³-hybridized carbons (Fsp3) is 0. The van der Waals surface area contributed by atoms with E-state index < -0.39 is 0 Å². The molecule has 4 aromatic heterocycles. The molecule has 0 amide bonds. The number of furan rings is 1. The van der Waals surface area contributed by atoms with Crippen molar-refractivity contribution in [3.8, 4) is 84.5 Å². The molecule has 13 rings (SSSR count). The van der Waals surface area contributed by atoms with Gasteiger partial charge in [-0.05, 0) is 75.8 Å². The third kappa shape index (κ3) is 6.82. The van der Waals surface area contributed by atoms with E-state index in [1.807, 2.05) is 60.8 Å². The van der Waals surface area contributed by atoms with Gasteiger partial charge in [-0.25, -0.2) is 15.0 Å². The topological polar surface area (TPSA) is 69.6 Å². The average molecular weight is 870 g/mol. The molecular weight excluding hydrogens is 831 g/mol. The first-order chi connectivity index (χ1) is 33.7. The van der Waals surface area contributed by atoms with Gasteiger partial charge in [0.15, 0.2) is 17.5 Å². The summed E-state index contributed by atoms with van der Waals surface area (Å²) in [5, 5.41) is 4.30. The highest BCUT2D eigenvalue weighted by Gasteiger charge is 2.24. The molecule has 0 saturated heterocycles. The summed E-state index contributed by atoms with van der Waals surface area (Å²) in [7, 11) is 0. The fourth-order valence-corrected chi connectivity index (χ4v) is 9.64. The third-order valence-corrected chi connectivity index (χ3v) is 12.9. The standard InChI is InChI=1S/C62H39N5O/c1-6-18-40(19-7-1)45-30-32-55-51(34-45)52-35-46(41-20-8-2-9-21-41)31-33-56(52)67(55)59-49(42-22-10-3-11-23-42)36-47(37-50(59)43-24-12-4-13-25-43)61-64-60(44-26-14-5-15-27-44)65-62(66-61)54-38-58-53(39-63-54)48-28-16-17-29-57(48)68-58/h1-39H. The van der Waals surface area contributed by atoms with Crippen molar-refractivity contribution >= 4 is 43.7 Å². The van der Waals surface area contributed by atoms with Gasteiger partial charge in [0.1, 0.15) is 16.9 Å². The first kappa shape index (κ1) is 39.1. The lowest BCUT2D eigenvalue weighted by atomic mass is 9.92. The first-order valence-corrected chi connectivity index (χ1v) is 22.8. The van der Waals surface area contributed by atoms with E-state index in [2.05, 4.69) is 180 Å². The molecular formula is C62H39N5O. The van der Waals surface area contributed by atoms with Crippen molar-refractivity contribution < 1.29 is 4.42 Å². The molecule has 68 heavy (non-hydrogen) atoms. The van der Waals surface area contributed by atoms with Crippen LogP contribution >= 0.6 is 0 Å². The molecule has 0 saturated carbocycles. The fourth-order valence-electron chi connectivity index (χ4n) is 9.64. The third-order valence-electron chi connectivity index (χ3n) is 12.9. The lowest BCUT2D eigenvalue weighted by molar-refractivity contribution is 0.668. The van der Waals surface area contributed by atoms with Crippen LogP contribution in [0.1, 0.15) is 0 Å². The van der Waals surface area contributed by atoms with Crippen molar-refractivity contribution in [3.05, 3.63) is 237 Å². The van der Waals surface area contributed by atoms with Crippen LogP contribution < -0.4 is 0 Å². The number of benzene rings is 9. The average Bonchev–Trinajstić information content (AvgIpc) is 3.96. The Morgan fingerprint density at radius 2 is 0.765 bits per heavy atom. The molecule has 0 bridgehead atoms. The second-order valence-electron chi connectivity index (χ2n) is 17.0. The van der Waals surface area contributed by atoms with Crippen molar-refractivity contribution in [2.24, 2.45) is 0 Å². The molecule has 0 aliphatic carbocycles. The molecule has 0 unspecified atom stereocenters. The number of hydrogen-bond acceptors (Lipinski definition) is 5. The SMILES string of the molecule is c1ccc(-c2ccc3c(c2)c2cc(-c4ccccc4)ccc2n3-c2c(-c3ccccc3)cc(-c3nc(-c4ccccc4)nc(-c4cc5oc6ccccc6c5cn4)n3)cc2-c2ccccc2)cc1. The molecule has 0 atom stereocenters. The Morgan fingerprint density at radius 1 is 0.309 bits per heavy atom. The molecule has 0 fully saturated rings. The van der Waals surface area contributed by atoms with E-state index in [-0.39, 0.29) is 0 Å². The van der Waals surface area contributed by atoms with E-state index in [1.54, 1.807) is 0 Å². The molecule has 0 N–H and O–H groups in total. The van der Waals surface area contributed by atoms with Crippen LogP contribution in [0.4, 0.5) is 0 Å². The normalized spacial score (nSPS) is 11.5. The molecule has 13 aromatic rings. The molecule has 9 aromatic carbocycles. The smallest absolute Gasteiger partial charge is 0.182 e. The number of rotatable bonds is 8. The van der Waals surface area contributed by atoms with Crippen molar-refractivity contribution in [2.75, 3.05) is 0 Å². The van der Waals surface area contributed by atoms with Gasteiger partial charge >= 0.3 is 0 Å². The van der Waals surface area contributed by atoms with E-state index in [9.17, 15) is 0 Å². The quantitative estimate of drug-likeness (QED) is 0.152. The first-order valence-electron chi connectivity index (χ1n) is 22.8. The van der Waals surface area contributed by atoms with Gasteiger partial charge in [-0.1, -0.05) is 182 Å². The number of para-hydroxylation sites is 1. The maximum absolute atomic E-state index is 6.33. The van der Waals surface area contributed by atoms with E-state index in [4.69, 9.17) is 24.4 Å². The second-order valence-corrected chi connectivity index (χ2v) is 17.0. The predicted octanol–water partition coefficient (Wildman–Crippen LogP) is 15.9. The highest BCUT2D eigenvalue weighted by atomic mass is 16.3. The van der Waals surface area contributed by atoms with E-state index in [1.165, 1.54) is 21.9 Å². The van der Waals surface area contributed by atoms with Crippen LogP contribution in [-0.2, 0) is 0 Å². The molecule has 4 heterocycles. The van der Waals surface area contributed by atoms with Crippen LogP contribution in [-0.4, -0.2) is 24.5 Å². The predicted molar refractivity (Wildman–Crippen MR) is 277 cm³/mol. The van der Waals surface area contributed by atoms with Gasteiger partial charge in [-0.3, -0.25) is 4.98 Å². The Labute approximate surface area is 392 Å². The monoisotopic (exact) mass is 869 g/mol. The zero-order chi connectivity index (χ0) is 45.0. The summed E-state index contributed by atoms with van der Waals surface area (Å²) in [6.45, 7) is 0. The minimum absolute atomic E-state index is 0.452. The lowest BCUT2D eigenvalue weighted by Gasteiger charge is -2.21. The Kier molecular flexibility index (Phi) is 9.39. The van der Waals surface area contributed by atoms with Gasteiger partial charge in [0.2, 0.25) is 0 Å². The molecule has 0 radical (unpaired) electrons. The number of nitrogens with zero attached hydrogens (tertiary/aromatic N) is 5. The summed E-state index contributed by atoms with van der Waals surface area (Å²) < 4.78 is 8.79. The van der Waals surface area contributed by atoms with E-state index in [0.717, 1.165) is 83.2 Å². The van der Waals surface area contributed by atoms with Crippen LogP contribution in [0.15, 0.2) is 241 Å². The molecule has 0 spiro atoms. The Bertz CT molecular complexity index is 3840. The maximum Gasteiger partial charge on any atom is 0.182 e. The minimum atomic E-state index is 0.452. The molecule has 6 heteroatoms. The van der Waals surface area contributed by atoms with Crippen LogP contribution in [0.2, 0.25) is 0 Å². The van der Waals surface area contributed by atoms with Crippen LogP contribution in [0.3, 0.4) is 0 Å². The van der Waals surface area contributed by atoms with Crippen molar-refractivity contribution in [1.29, 1.82) is 0 Å². The number of fused-ring (bicyclic) bond motifs is 6. The number of aromatic nitrogens is 5. The van der Waals surface area contributed by atoms with Gasteiger partial charge < -0.3 is 8.98 Å². The Balaban J connectivity index is 1.10. The molecule has 6 nitrogen and oxygen atoms in total. The molecule has 0 aliphatic rings. The van der Waals surface area contributed by atoms with Gasteiger partial charge in [-0.2, -0.15) is 0 Å². The zero-order valence-electron chi connectivity index (χ0n) is 36.7. The van der Waals surface area contributed by atoms with Crippen LogP contribution in [0.25, 0.3) is 128 Å². The van der Waals surface area contributed by atoms with Gasteiger partial charge in [0.05, 0.1) is 16.7 Å². The maximum atomic E-state index is 6.33. The highest BCUT2D eigenvalue weighted by Crippen LogP contribution is 2.45. The number of hydrogen-bond donors (Lipinski definition) is 0. The summed E-state index contributed by atoms with van der Waals surface area (Å²) in [6, 6.07) is 80.8. The molecule has 0 aliphatic heterocycles. The summed E-state index contributed by atoms with van der Waals surface area (Å²) >= 11 is 0. The highest BCUT2D eigenvalue weighted by molar-refractivity contribution is 6.13. The van der Waals surface area contributed by atoms with Crippen LogP contribution in [0, 0.1) is 0 Å². The molecule has 318 valence electrons. The minimum Gasteiger partial charge on any atom is -0.456 e. The van der Waals surface area contributed by atoms with Gasteiger partial charge in [0.25, 0.3) is 0 Å². The Hall–Kier alpha value is -9.26. The van der Waals surface area contributed by atoms with E-state index >= 15 is 0 Å². The summed E-state index contributed by atoms with van der Waals surface area (Å²) in [4.78, 5) is 20.5. The summed E-state index contributed by atoms with van der Waals surface area (Å²) in [6.07, 6.45) is 1.86. The van der Waals surface area contributed by atoms with Crippen LogP contribution in [0.5, 0.6) is 0 Å². The zero-order valence-corrected chi connectivity index (χ0v) is 36.7. The Morgan fingerprint density at radius 3 is 1.31 bits per heavy atom. The van der Waals surface area contributed by atoms with E-state index in [0.29, 0.717) is 23.2 Å². The van der Waals surface area contributed by atoms with Crippen molar-refractivity contribution in [2.45, 2.75) is 0 Å². The van der Waals surface area contributed by atoms with Crippen molar-refractivity contribution in [3.63, 3.8) is 0 Å². The van der Waals surface area contributed by atoms with Gasteiger partial charge in [-0.15, -0.1) is 0 Å². The largest absolute Gasteiger partial charge is 0.456 e. The van der Waals surface area contributed by atoms with Gasteiger partial charge in [0, 0.05) is 56.1 Å². The number of pyridine rings is 1. The summed E-state index contributed by atoms with van der Waals surface area (Å²) in [5.74, 6) is 1.53. The lowest BCUT2D eigenvalue weighted by Crippen LogP contribution is -2.04.